The van der Waals surface area contributed by atoms with E-state index in [0.717, 1.165) is 38.2 Å². The molecule has 0 aromatic carbocycles. The van der Waals surface area contributed by atoms with Crippen LogP contribution in [0.1, 0.15) is 71.1 Å². The Labute approximate surface area is 152 Å². The maximum Gasteiger partial charge on any atom is 0.303 e. The van der Waals surface area contributed by atoms with Crippen molar-refractivity contribution in [2.75, 3.05) is 24.7 Å². The smallest absolute Gasteiger partial charge is 0.303 e. The van der Waals surface area contributed by atoms with E-state index in [2.05, 4.69) is 19.1 Å². The van der Waals surface area contributed by atoms with Crippen molar-refractivity contribution >= 4 is 17.7 Å². The fourth-order valence-electron chi connectivity index (χ4n) is 3.17. The molecule has 0 aromatic rings. The van der Waals surface area contributed by atoms with Crippen molar-refractivity contribution < 1.29 is 14.6 Å². The summed E-state index contributed by atoms with van der Waals surface area (Å²) in [5, 5.41) is 8.63. The highest BCUT2D eigenvalue weighted by Crippen LogP contribution is 2.29. The van der Waals surface area contributed by atoms with Gasteiger partial charge >= 0.3 is 5.97 Å². The van der Waals surface area contributed by atoms with Gasteiger partial charge in [-0.1, -0.05) is 51.2 Å². The highest BCUT2D eigenvalue weighted by Gasteiger charge is 2.27. The quantitative estimate of drug-likeness (QED) is 0.309. The van der Waals surface area contributed by atoms with Crippen LogP contribution in [0.4, 0.5) is 0 Å². The van der Waals surface area contributed by atoms with Gasteiger partial charge in [-0.25, -0.2) is 0 Å². The number of hydrogen-bond donors (Lipinski definition) is 1. The van der Waals surface area contributed by atoms with Gasteiger partial charge in [-0.05, 0) is 43.3 Å². The molecule has 1 N–H and O–H groups in total. The van der Waals surface area contributed by atoms with Crippen molar-refractivity contribution in [3.05, 3.63) is 12.2 Å². The fraction of sp³-hybridized carbons (Fsp3) is 0.850. The Morgan fingerprint density at radius 1 is 1.08 bits per heavy atom. The Morgan fingerprint density at radius 3 is 2.67 bits per heavy atom. The minimum absolute atomic E-state index is 0.317. The molecule has 0 saturated carbocycles. The van der Waals surface area contributed by atoms with Crippen LogP contribution in [0.15, 0.2) is 12.2 Å². The monoisotopic (exact) mass is 356 g/mol. The number of thioether (sulfide) groups is 1. The minimum Gasteiger partial charge on any atom is -0.481 e. The summed E-state index contributed by atoms with van der Waals surface area (Å²) in [6.07, 6.45) is 15.6. The lowest BCUT2D eigenvalue weighted by Gasteiger charge is -2.16. The minimum atomic E-state index is -0.671. The normalized spacial score (nSPS) is 20.9. The van der Waals surface area contributed by atoms with Crippen LogP contribution >= 0.6 is 11.8 Å². The summed E-state index contributed by atoms with van der Waals surface area (Å²) in [7, 11) is 0. The largest absolute Gasteiger partial charge is 0.481 e. The Morgan fingerprint density at radius 2 is 1.88 bits per heavy atom. The molecule has 24 heavy (non-hydrogen) atoms. The number of ether oxygens (including phenoxy) is 1. The Hall–Kier alpha value is -0.480. The molecule has 2 unspecified atom stereocenters. The highest BCUT2D eigenvalue weighted by atomic mass is 32.2. The highest BCUT2D eigenvalue weighted by molar-refractivity contribution is 7.99. The second kappa shape index (κ2) is 14.8. The van der Waals surface area contributed by atoms with Crippen molar-refractivity contribution in [3.63, 3.8) is 0 Å². The van der Waals surface area contributed by atoms with Crippen LogP contribution in [0.5, 0.6) is 0 Å². The van der Waals surface area contributed by atoms with Gasteiger partial charge in [0.2, 0.25) is 0 Å². The molecule has 1 fully saturated rings. The molecule has 0 amide bonds. The molecule has 1 heterocycles. The summed E-state index contributed by atoms with van der Waals surface area (Å²) in [5.74, 6) is 3.09. The van der Waals surface area contributed by atoms with E-state index >= 15 is 0 Å². The van der Waals surface area contributed by atoms with E-state index in [0.29, 0.717) is 18.3 Å². The number of carboxylic acids is 1. The van der Waals surface area contributed by atoms with E-state index in [9.17, 15) is 4.79 Å². The van der Waals surface area contributed by atoms with Crippen molar-refractivity contribution in [3.8, 4) is 0 Å². The van der Waals surface area contributed by atoms with Crippen molar-refractivity contribution in [2.45, 2.75) is 71.1 Å². The van der Waals surface area contributed by atoms with Crippen molar-refractivity contribution in [1.82, 2.24) is 0 Å². The predicted molar refractivity (Wildman–Crippen MR) is 104 cm³/mol. The second-order valence-corrected chi connectivity index (χ2v) is 7.98. The lowest BCUT2D eigenvalue weighted by Crippen LogP contribution is -2.15. The zero-order chi connectivity index (χ0) is 17.5. The van der Waals surface area contributed by atoms with Crippen LogP contribution in [-0.4, -0.2) is 35.8 Å². The second-order valence-electron chi connectivity index (χ2n) is 6.91. The number of allylic oxidation sites excluding steroid dienone is 1. The first-order valence-corrected chi connectivity index (χ1v) is 10.9. The van der Waals surface area contributed by atoms with E-state index in [1.165, 1.54) is 44.3 Å². The van der Waals surface area contributed by atoms with Gasteiger partial charge in [0.05, 0.1) is 6.61 Å². The van der Waals surface area contributed by atoms with Gasteiger partial charge in [-0.3, -0.25) is 4.79 Å². The van der Waals surface area contributed by atoms with Gasteiger partial charge in [0.15, 0.2) is 0 Å². The number of aliphatic carboxylic acids is 1. The zero-order valence-electron chi connectivity index (χ0n) is 15.4. The van der Waals surface area contributed by atoms with Crippen LogP contribution in [0.3, 0.4) is 0 Å². The molecule has 140 valence electrons. The van der Waals surface area contributed by atoms with Crippen LogP contribution in [0.25, 0.3) is 0 Å². The number of hydrogen-bond acceptors (Lipinski definition) is 3. The lowest BCUT2D eigenvalue weighted by atomic mass is 9.92. The predicted octanol–water partition coefficient (Wildman–Crippen LogP) is 5.54. The molecule has 4 heteroatoms. The number of carbonyl (C=O) groups is 1. The van der Waals surface area contributed by atoms with Crippen molar-refractivity contribution in [1.29, 1.82) is 0 Å². The third kappa shape index (κ3) is 11.1. The molecule has 1 aliphatic rings. The first-order chi connectivity index (χ1) is 11.7. The summed E-state index contributed by atoms with van der Waals surface area (Å²) in [6, 6.07) is 0. The molecule has 0 aromatic heterocycles. The van der Waals surface area contributed by atoms with E-state index in [-0.39, 0.29) is 0 Å². The lowest BCUT2D eigenvalue weighted by molar-refractivity contribution is -0.137. The molecule has 1 saturated heterocycles. The third-order valence-electron chi connectivity index (χ3n) is 4.73. The first kappa shape index (κ1) is 21.6. The molecule has 0 radical (unpaired) electrons. The topological polar surface area (TPSA) is 46.5 Å². The van der Waals surface area contributed by atoms with Crippen molar-refractivity contribution in [2.24, 2.45) is 11.8 Å². The van der Waals surface area contributed by atoms with E-state index < -0.39 is 5.97 Å². The third-order valence-corrected chi connectivity index (χ3v) is 5.83. The first-order valence-electron chi connectivity index (χ1n) is 9.76. The Bertz CT molecular complexity index is 344. The van der Waals surface area contributed by atoms with E-state index in [1.807, 2.05) is 11.8 Å². The average Bonchev–Trinajstić information content (AvgIpc) is 3.00. The van der Waals surface area contributed by atoms with Crippen LogP contribution in [-0.2, 0) is 9.53 Å². The summed E-state index contributed by atoms with van der Waals surface area (Å²) in [4.78, 5) is 10.5. The molecule has 0 spiro atoms. The Kier molecular flexibility index (Phi) is 13.3. The van der Waals surface area contributed by atoms with Crippen LogP contribution in [0, 0.1) is 11.8 Å². The van der Waals surface area contributed by atoms with Gasteiger partial charge in [0.25, 0.3) is 0 Å². The van der Waals surface area contributed by atoms with Crippen LogP contribution < -0.4 is 0 Å². The maximum atomic E-state index is 10.5. The summed E-state index contributed by atoms with van der Waals surface area (Å²) in [5.41, 5.74) is 0. The van der Waals surface area contributed by atoms with Crippen LogP contribution in [0.2, 0.25) is 0 Å². The summed E-state index contributed by atoms with van der Waals surface area (Å²) < 4.78 is 5.69. The van der Waals surface area contributed by atoms with E-state index in [1.54, 1.807) is 0 Å². The molecule has 1 rings (SSSR count). The van der Waals surface area contributed by atoms with Gasteiger partial charge in [-0.2, -0.15) is 11.8 Å². The number of rotatable bonds is 15. The standard InChI is InChI=1S/C20H36O3S/c1-2-3-4-5-8-11-14-24-17-19-16-23-15-18(19)12-9-6-7-10-13-20(21)22/h8,11,18-19H,2-7,9-10,12-17H2,1H3,(H,21,22). The zero-order valence-corrected chi connectivity index (χ0v) is 16.2. The molecule has 1 aliphatic heterocycles. The van der Waals surface area contributed by atoms with E-state index in [4.69, 9.17) is 9.84 Å². The molecule has 3 nitrogen and oxygen atoms in total. The Balaban J connectivity index is 2.01. The summed E-state index contributed by atoms with van der Waals surface area (Å²) >= 11 is 2.04. The van der Waals surface area contributed by atoms with Gasteiger partial charge in [0.1, 0.15) is 0 Å². The summed E-state index contributed by atoms with van der Waals surface area (Å²) in [6.45, 7) is 4.10. The molecule has 0 aliphatic carbocycles. The molecular formula is C20H36O3S. The molecule has 2 atom stereocenters. The SMILES string of the molecule is CCCCCC=CCSCC1COCC1CCCCCCC(=O)O. The number of unbranched alkanes of at least 4 members (excludes halogenated alkanes) is 6. The molecule has 0 bridgehead atoms. The fourth-order valence-corrected chi connectivity index (χ4v) is 4.25. The average molecular weight is 357 g/mol. The maximum absolute atomic E-state index is 10.5. The van der Waals surface area contributed by atoms with Gasteiger partial charge < -0.3 is 9.84 Å². The molecular weight excluding hydrogens is 320 g/mol. The van der Waals surface area contributed by atoms with Gasteiger partial charge in [-0.15, -0.1) is 0 Å². The van der Waals surface area contributed by atoms with Gasteiger partial charge in [0, 0.05) is 18.8 Å². The number of carboxylic acid groups (broad SMARTS) is 1.